The van der Waals surface area contributed by atoms with Crippen LogP contribution in [0.25, 0.3) is 0 Å². The average molecular weight is 316 g/mol. The topological polar surface area (TPSA) is 58.4 Å². The fourth-order valence-corrected chi connectivity index (χ4v) is 2.42. The molecule has 0 saturated carbocycles. The highest BCUT2D eigenvalue weighted by Crippen LogP contribution is 2.30. The number of anilines is 1. The zero-order valence-corrected chi connectivity index (χ0v) is 12.6. The van der Waals surface area contributed by atoms with Crippen molar-refractivity contribution < 1.29 is 9.47 Å². The van der Waals surface area contributed by atoms with Crippen LogP contribution in [0.5, 0.6) is 11.6 Å². The van der Waals surface area contributed by atoms with Crippen molar-refractivity contribution in [2.75, 3.05) is 31.2 Å². The van der Waals surface area contributed by atoms with E-state index in [0.29, 0.717) is 35.4 Å². The number of benzene rings is 1. The molecule has 2 aromatic rings. The molecular formula is C16H14ClN3O2. The summed E-state index contributed by atoms with van der Waals surface area (Å²) in [7, 11) is 0. The summed E-state index contributed by atoms with van der Waals surface area (Å²) in [6.07, 6.45) is 1.65. The van der Waals surface area contributed by atoms with E-state index in [1.165, 1.54) is 0 Å². The molecule has 1 aromatic heterocycles. The van der Waals surface area contributed by atoms with Gasteiger partial charge in [0.25, 0.3) is 0 Å². The third-order valence-corrected chi connectivity index (χ3v) is 3.64. The molecule has 1 fully saturated rings. The minimum absolute atomic E-state index is 0.300. The molecule has 0 N–H and O–H groups in total. The Bertz CT molecular complexity index is 692. The summed E-state index contributed by atoms with van der Waals surface area (Å²) in [4.78, 5) is 6.30. The van der Waals surface area contributed by atoms with E-state index < -0.39 is 0 Å². The van der Waals surface area contributed by atoms with Gasteiger partial charge in [0.1, 0.15) is 17.4 Å². The van der Waals surface area contributed by atoms with Crippen LogP contribution in [0.15, 0.2) is 36.5 Å². The molecule has 0 radical (unpaired) electrons. The predicted molar refractivity (Wildman–Crippen MR) is 83.5 cm³/mol. The van der Waals surface area contributed by atoms with E-state index in [-0.39, 0.29) is 0 Å². The van der Waals surface area contributed by atoms with Gasteiger partial charge in [-0.2, -0.15) is 5.26 Å². The van der Waals surface area contributed by atoms with Crippen molar-refractivity contribution in [2.24, 2.45) is 0 Å². The maximum atomic E-state index is 9.50. The molecule has 3 rings (SSSR count). The third-order valence-electron chi connectivity index (χ3n) is 3.39. The van der Waals surface area contributed by atoms with E-state index in [9.17, 15) is 5.26 Å². The Labute approximate surface area is 133 Å². The second kappa shape index (κ2) is 6.65. The monoisotopic (exact) mass is 315 g/mol. The molecule has 2 heterocycles. The van der Waals surface area contributed by atoms with E-state index in [4.69, 9.17) is 21.1 Å². The quantitative estimate of drug-likeness (QED) is 0.870. The second-order valence-electron chi connectivity index (χ2n) is 4.78. The summed E-state index contributed by atoms with van der Waals surface area (Å²) >= 11 is 5.86. The van der Waals surface area contributed by atoms with E-state index in [0.717, 1.165) is 18.8 Å². The molecular weight excluding hydrogens is 302 g/mol. The molecule has 0 aliphatic carbocycles. The smallest absolute Gasteiger partial charge is 0.239 e. The lowest BCUT2D eigenvalue weighted by atomic mass is 10.2. The van der Waals surface area contributed by atoms with Crippen LogP contribution in [0.2, 0.25) is 5.02 Å². The van der Waals surface area contributed by atoms with E-state index in [1.54, 1.807) is 30.5 Å². The van der Waals surface area contributed by atoms with Crippen molar-refractivity contribution in [3.05, 3.63) is 47.1 Å². The normalized spacial score (nSPS) is 14.5. The largest absolute Gasteiger partial charge is 0.438 e. The molecule has 1 aliphatic heterocycles. The van der Waals surface area contributed by atoms with Crippen LogP contribution < -0.4 is 9.64 Å². The fourth-order valence-electron chi connectivity index (χ4n) is 2.30. The first-order chi connectivity index (χ1) is 10.8. The number of morpholine rings is 1. The van der Waals surface area contributed by atoms with Gasteiger partial charge in [-0.3, -0.25) is 0 Å². The van der Waals surface area contributed by atoms with Gasteiger partial charge < -0.3 is 14.4 Å². The van der Waals surface area contributed by atoms with Crippen LogP contribution in [-0.2, 0) is 4.74 Å². The summed E-state index contributed by atoms with van der Waals surface area (Å²) in [5, 5.41) is 10.1. The Morgan fingerprint density at radius 2 is 1.91 bits per heavy atom. The summed E-state index contributed by atoms with van der Waals surface area (Å²) in [5.41, 5.74) is 1.25. The number of aromatic nitrogens is 1. The van der Waals surface area contributed by atoms with Gasteiger partial charge >= 0.3 is 0 Å². The highest BCUT2D eigenvalue weighted by Gasteiger charge is 2.19. The van der Waals surface area contributed by atoms with Gasteiger partial charge in [-0.25, -0.2) is 4.98 Å². The summed E-state index contributed by atoms with van der Waals surface area (Å²) in [6.45, 7) is 2.80. The summed E-state index contributed by atoms with van der Waals surface area (Å²) in [5.74, 6) is 0.890. The molecule has 6 heteroatoms. The van der Waals surface area contributed by atoms with Crippen LogP contribution in [0.4, 0.5) is 5.69 Å². The number of hydrogen-bond acceptors (Lipinski definition) is 5. The van der Waals surface area contributed by atoms with Crippen molar-refractivity contribution >= 4 is 17.3 Å². The predicted octanol–water partition coefficient (Wildman–Crippen LogP) is 3.24. The summed E-state index contributed by atoms with van der Waals surface area (Å²) < 4.78 is 11.1. The lowest BCUT2D eigenvalue weighted by Crippen LogP contribution is -2.36. The minimum Gasteiger partial charge on any atom is -0.438 e. The van der Waals surface area contributed by atoms with Crippen LogP contribution >= 0.6 is 11.6 Å². The van der Waals surface area contributed by atoms with Gasteiger partial charge in [-0.1, -0.05) is 11.6 Å². The third kappa shape index (κ3) is 3.14. The van der Waals surface area contributed by atoms with Crippen molar-refractivity contribution in [1.82, 2.24) is 4.98 Å². The van der Waals surface area contributed by atoms with Crippen molar-refractivity contribution in [3.63, 3.8) is 0 Å². The van der Waals surface area contributed by atoms with E-state index in [2.05, 4.69) is 16.0 Å². The Balaban J connectivity index is 1.91. The highest BCUT2D eigenvalue weighted by atomic mass is 35.5. The van der Waals surface area contributed by atoms with Crippen molar-refractivity contribution in [2.45, 2.75) is 0 Å². The average Bonchev–Trinajstić information content (AvgIpc) is 2.57. The number of halogens is 1. The van der Waals surface area contributed by atoms with Crippen LogP contribution in [0, 0.1) is 11.3 Å². The van der Waals surface area contributed by atoms with Crippen LogP contribution in [-0.4, -0.2) is 31.3 Å². The number of nitrogens with zero attached hydrogens (tertiary/aromatic N) is 3. The first-order valence-corrected chi connectivity index (χ1v) is 7.31. The minimum atomic E-state index is 0.300. The number of rotatable bonds is 3. The molecule has 1 saturated heterocycles. The van der Waals surface area contributed by atoms with Gasteiger partial charge in [0.2, 0.25) is 5.88 Å². The maximum absolute atomic E-state index is 9.50. The molecule has 1 aliphatic rings. The zero-order valence-electron chi connectivity index (χ0n) is 11.8. The highest BCUT2D eigenvalue weighted by molar-refractivity contribution is 6.30. The SMILES string of the molecule is N#Cc1c(N2CCOCC2)ccnc1Oc1ccc(Cl)cc1. The molecule has 0 amide bonds. The van der Waals surface area contributed by atoms with Gasteiger partial charge in [0.15, 0.2) is 0 Å². The number of pyridine rings is 1. The van der Waals surface area contributed by atoms with Gasteiger partial charge in [-0.05, 0) is 30.3 Å². The molecule has 0 spiro atoms. The number of nitriles is 1. The number of ether oxygens (including phenoxy) is 2. The van der Waals surface area contributed by atoms with Crippen molar-refractivity contribution in [1.29, 1.82) is 5.26 Å². The Morgan fingerprint density at radius 1 is 1.18 bits per heavy atom. The first kappa shape index (κ1) is 14.6. The Hall–Kier alpha value is -2.29. The Kier molecular flexibility index (Phi) is 4.42. The van der Waals surface area contributed by atoms with Crippen LogP contribution in [0.1, 0.15) is 5.56 Å². The molecule has 0 bridgehead atoms. The molecule has 0 atom stereocenters. The lowest BCUT2D eigenvalue weighted by Gasteiger charge is -2.29. The summed E-state index contributed by atoms with van der Waals surface area (Å²) in [6, 6.07) is 11.0. The maximum Gasteiger partial charge on any atom is 0.239 e. The van der Waals surface area contributed by atoms with Crippen LogP contribution in [0.3, 0.4) is 0 Å². The fraction of sp³-hybridized carbons (Fsp3) is 0.250. The van der Waals surface area contributed by atoms with Crippen molar-refractivity contribution in [3.8, 4) is 17.7 Å². The second-order valence-corrected chi connectivity index (χ2v) is 5.21. The van der Waals surface area contributed by atoms with E-state index >= 15 is 0 Å². The molecule has 1 aromatic carbocycles. The van der Waals surface area contributed by atoms with Gasteiger partial charge in [0, 0.05) is 24.3 Å². The van der Waals surface area contributed by atoms with Gasteiger partial charge in [0.05, 0.1) is 18.9 Å². The molecule has 22 heavy (non-hydrogen) atoms. The van der Waals surface area contributed by atoms with Gasteiger partial charge in [-0.15, -0.1) is 0 Å². The molecule has 5 nitrogen and oxygen atoms in total. The lowest BCUT2D eigenvalue weighted by molar-refractivity contribution is 0.122. The Morgan fingerprint density at radius 3 is 2.59 bits per heavy atom. The number of hydrogen-bond donors (Lipinski definition) is 0. The standard InChI is InChI=1S/C16H14ClN3O2/c17-12-1-3-13(4-2-12)22-16-14(11-18)15(5-6-19-16)20-7-9-21-10-8-20/h1-6H,7-10H2. The molecule has 112 valence electrons. The van der Waals surface area contributed by atoms with E-state index in [1.807, 2.05) is 6.07 Å². The zero-order chi connectivity index (χ0) is 15.4. The first-order valence-electron chi connectivity index (χ1n) is 6.93. The molecule has 0 unspecified atom stereocenters.